The SMILES string of the molecule is COc1ccc(S(=O)(=O)N(Cc2ccccc2)CC(F)(F)C(=O)[C@@H](Cc2ccccc2)N(C(=O)O)C2COCOC2)cc1. The number of sulfonamides is 1. The van der Waals surface area contributed by atoms with Gasteiger partial charge in [-0.05, 0) is 35.4 Å². The third-order valence-electron chi connectivity index (χ3n) is 6.95. The quantitative estimate of drug-likeness (QED) is 0.305. The first-order valence-electron chi connectivity index (χ1n) is 13.3. The van der Waals surface area contributed by atoms with Gasteiger partial charge in [-0.15, -0.1) is 0 Å². The van der Waals surface area contributed by atoms with Gasteiger partial charge in [0.25, 0.3) is 0 Å². The molecule has 0 aromatic heterocycles. The second-order valence-electron chi connectivity index (χ2n) is 9.91. The van der Waals surface area contributed by atoms with Crippen LogP contribution in [-0.2, 0) is 37.3 Å². The molecule has 1 aliphatic heterocycles. The van der Waals surface area contributed by atoms with Gasteiger partial charge in [-0.3, -0.25) is 9.69 Å². The molecule has 1 aliphatic rings. The van der Waals surface area contributed by atoms with Gasteiger partial charge in [0.05, 0.1) is 37.8 Å². The number of ketones is 1. The Labute approximate surface area is 248 Å². The molecule has 0 spiro atoms. The highest BCUT2D eigenvalue weighted by Crippen LogP contribution is 2.29. The normalized spacial score (nSPS) is 15.2. The lowest BCUT2D eigenvalue weighted by molar-refractivity contribution is -0.158. The number of Topliss-reactive ketones (excluding diaryl/α,β-unsaturated/α-hetero) is 1. The Morgan fingerprint density at radius 3 is 2.05 bits per heavy atom. The summed E-state index contributed by atoms with van der Waals surface area (Å²) >= 11 is 0. The molecule has 0 radical (unpaired) electrons. The number of carbonyl (C=O) groups excluding carboxylic acids is 1. The van der Waals surface area contributed by atoms with E-state index in [1.165, 1.54) is 31.4 Å². The molecule has 0 saturated carbocycles. The first kappa shape index (κ1) is 32.0. The Hall–Kier alpha value is -3.91. The number of benzene rings is 3. The first-order valence-corrected chi connectivity index (χ1v) is 14.8. The molecular weight excluding hydrogens is 586 g/mol. The average Bonchev–Trinajstić information content (AvgIpc) is 3.01. The van der Waals surface area contributed by atoms with E-state index in [4.69, 9.17) is 14.2 Å². The van der Waals surface area contributed by atoms with E-state index in [1.807, 2.05) is 0 Å². The van der Waals surface area contributed by atoms with Gasteiger partial charge in [0.1, 0.15) is 18.6 Å². The van der Waals surface area contributed by atoms with Crippen LogP contribution in [-0.4, -0.2) is 86.3 Å². The molecule has 43 heavy (non-hydrogen) atoms. The van der Waals surface area contributed by atoms with Crippen LogP contribution in [0.3, 0.4) is 0 Å². The standard InChI is InChI=1S/C30H32F2N2O8S/c1-40-25-12-14-26(15-13-25)43(38,39)33(17-23-10-6-3-7-11-23)20-30(31,32)28(35)27(16-22-8-4-2-5-9-22)34(29(36)37)24-18-41-21-42-19-24/h2-15,24,27H,16-21H2,1H3,(H,36,37)/t27-/m1/s1. The van der Waals surface area contributed by atoms with Crippen molar-refractivity contribution in [2.24, 2.45) is 0 Å². The van der Waals surface area contributed by atoms with E-state index in [1.54, 1.807) is 60.7 Å². The Balaban J connectivity index is 1.71. The van der Waals surface area contributed by atoms with Crippen LogP contribution < -0.4 is 4.74 Å². The van der Waals surface area contributed by atoms with Crippen LogP contribution in [0.2, 0.25) is 0 Å². The number of carboxylic acid groups (broad SMARTS) is 1. The highest BCUT2D eigenvalue weighted by molar-refractivity contribution is 7.89. The maximum absolute atomic E-state index is 16.1. The maximum Gasteiger partial charge on any atom is 0.408 e. The number of ether oxygens (including phenoxy) is 3. The van der Waals surface area contributed by atoms with Crippen molar-refractivity contribution in [1.29, 1.82) is 0 Å². The van der Waals surface area contributed by atoms with Gasteiger partial charge in [-0.2, -0.15) is 13.1 Å². The largest absolute Gasteiger partial charge is 0.497 e. The fraction of sp³-hybridized carbons (Fsp3) is 0.333. The molecule has 13 heteroatoms. The van der Waals surface area contributed by atoms with Crippen LogP contribution in [0.5, 0.6) is 5.75 Å². The fourth-order valence-electron chi connectivity index (χ4n) is 4.79. The monoisotopic (exact) mass is 618 g/mol. The molecule has 3 aromatic rings. The van der Waals surface area contributed by atoms with Gasteiger partial charge in [-0.1, -0.05) is 60.7 Å². The third kappa shape index (κ3) is 7.93. The van der Waals surface area contributed by atoms with Crippen molar-refractivity contribution in [3.8, 4) is 5.75 Å². The molecule has 4 rings (SSSR count). The van der Waals surface area contributed by atoms with Crippen molar-refractivity contribution >= 4 is 21.9 Å². The average molecular weight is 619 g/mol. The Morgan fingerprint density at radius 2 is 1.51 bits per heavy atom. The minimum absolute atomic E-state index is 0.102. The number of alkyl halides is 2. The van der Waals surface area contributed by atoms with E-state index < -0.39 is 53.0 Å². The molecule has 10 nitrogen and oxygen atoms in total. The zero-order valence-electron chi connectivity index (χ0n) is 23.3. The van der Waals surface area contributed by atoms with Crippen LogP contribution in [0.1, 0.15) is 11.1 Å². The second-order valence-corrected chi connectivity index (χ2v) is 11.8. The molecule has 1 fully saturated rings. The van der Waals surface area contributed by atoms with Crippen LogP contribution in [0.4, 0.5) is 13.6 Å². The summed E-state index contributed by atoms with van der Waals surface area (Å²) in [5, 5.41) is 10.1. The van der Waals surface area contributed by atoms with Crippen molar-refractivity contribution in [2.45, 2.75) is 35.9 Å². The lowest BCUT2D eigenvalue weighted by Crippen LogP contribution is -2.60. The lowest BCUT2D eigenvalue weighted by Gasteiger charge is -2.38. The van der Waals surface area contributed by atoms with Crippen molar-refractivity contribution < 1.29 is 46.1 Å². The highest BCUT2D eigenvalue weighted by atomic mass is 32.2. The van der Waals surface area contributed by atoms with Gasteiger partial charge in [0.2, 0.25) is 15.8 Å². The molecule has 1 atom stereocenters. The lowest BCUT2D eigenvalue weighted by atomic mass is 9.95. The topological polar surface area (TPSA) is 123 Å². The Morgan fingerprint density at radius 1 is 0.953 bits per heavy atom. The van der Waals surface area contributed by atoms with Crippen molar-refractivity contribution in [1.82, 2.24) is 9.21 Å². The summed E-state index contributed by atoms with van der Waals surface area (Å²) in [5.41, 5.74) is 0.847. The molecule has 1 N–H and O–H groups in total. The zero-order chi connectivity index (χ0) is 31.0. The number of hydrogen-bond donors (Lipinski definition) is 1. The van der Waals surface area contributed by atoms with Gasteiger partial charge >= 0.3 is 12.0 Å². The van der Waals surface area contributed by atoms with Crippen molar-refractivity contribution in [2.75, 3.05) is 33.7 Å². The molecule has 1 amide bonds. The smallest absolute Gasteiger partial charge is 0.408 e. The predicted octanol–water partition coefficient (Wildman–Crippen LogP) is 4.05. The highest BCUT2D eigenvalue weighted by Gasteiger charge is 2.50. The number of hydrogen-bond acceptors (Lipinski definition) is 7. The van der Waals surface area contributed by atoms with Crippen molar-refractivity contribution in [3.05, 3.63) is 96.1 Å². The number of nitrogens with zero attached hydrogens (tertiary/aromatic N) is 2. The summed E-state index contributed by atoms with van der Waals surface area (Å²) in [4.78, 5) is 26.5. The van der Waals surface area contributed by atoms with E-state index in [-0.39, 0.29) is 31.3 Å². The van der Waals surface area contributed by atoms with E-state index in [0.29, 0.717) is 26.1 Å². The van der Waals surface area contributed by atoms with Gasteiger partial charge in [0.15, 0.2) is 0 Å². The number of carbonyl (C=O) groups is 2. The van der Waals surface area contributed by atoms with Crippen molar-refractivity contribution in [3.63, 3.8) is 0 Å². The summed E-state index contributed by atoms with van der Waals surface area (Å²) in [6.45, 7) is -2.42. The number of halogens is 2. The van der Waals surface area contributed by atoms with Gasteiger partial charge in [-0.25, -0.2) is 13.2 Å². The molecule has 0 unspecified atom stereocenters. The van der Waals surface area contributed by atoms with Crippen LogP contribution in [0.15, 0.2) is 89.8 Å². The Bertz CT molecular complexity index is 1470. The summed E-state index contributed by atoms with van der Waals surface area (Å²) in [5.74, 6) is -5.67. The third-order valence-corrected chi connectivity index (χ3v) is 8.75. The summed E-state index contributed by atoms with van der Waals surface area (Å²) < 4.78 is 75.6. The molecule has 0 aliphatic carbocycles. The zero-order valence-corrected chi connectivity index (χ0v) is 24.2. The van der Waals surface area contributed by atoms with E-state index in [9.17, 15) is 23.1 Å². The van der Waals surface area contributed by atoms with E-state index in [0.717, 1.165) is 0 Å². The van der Waals surface area contributed by atoms with E-state index in [2.05, 4.69) is 0 Å². The summed E-state index contributed by atoms with van der Waals surface area (Å²) in [6.07, 6.45) is -1.99. The van der Waals surface area contributed by atoms with Crippen LogP contribution >= 0.6 is 0 Å². The van der Waals surface area contributed by atoms with Gasteiger partial charge < -0.3 is 19.3 Å². The number of rotatable bonds is 13. The number of amides is 1. The maximum atomic E-state index is 16.1. The molecule has 1 heterocycles. The molecule has 1 saturated heterocycles. The first-order chi connectivity index (χ1) is 20.5. The second kappa shape index (κ2) is 14.0. The van der Waals surface area contributed by atoms with Gasteiger partial charge in [0, 0.05) is 13.0 Å². The number of methoxy groups -OCH3 is 1. The summed E-state index contributed by atoms with van der Waals surface area (Å²) in [7, 11) is -3.16. The predicted molar refractivity (Wildman–Crippen MR) is 151 cm³/mol. The van der Waals surface area contributed by atoms with Crippen LogP contribution in [0, 0.1) is 0 Å². The molecule has 3 aromatic carbocycles. The molecular formula is C30H32F2N2O8S. The fourth-order valence-corrected chi connectivity index (χ4v) is 6.22. The Kier molecular flexibility index (Phi) is 10.5. The minimum Gasteiger partial charge on any atom is -0.497 e. The van der Waals surface area contributed by atoms with E-state index >= 15 is 8.78 Å². The van der Waals surface area contributed by atoms with Crippen LogP contribution in [0.25, 0.3) is 0 Å². The molecule has 230 valence electrons. The minimum atomic E-state index is -4.56. The molecule has 0 bridgehead atoms. The summed E-state index contributed by atoms with van der Waals surface area (Å²) in [6, 6.07) is 18.5.